The third-order valence-electron chi connectivity index (χ3n) is 7.10. The van der Waals surface area contributed by atoms with Crippen molar-refractivity contribution in [3.63, 3.8) is 0 Å². The Balaban J connectivity index is 1.40. The summed E-state index contributed by atoms with van der Waals surface area (Å²) < 4.78 is 13.3. The highest BCUT2D eigenvalue weighted by Gasteiger charge is 2.28. The standard InChI is InChI=1S/C29H32FN5OS/c1-18(2)21-6-10-23(11-7-21)33(5)27-25-19(3)26(37-28(25)32-20(4)31-27)29(36)35-16-14-34(15-17-35)24-12-8-22(30)9-13-24/h6-13,18H,14-17H2,1-5H3. The maximum atomic E-state index is 13.6. The number of piperazine rings is 1. The van der Waals surface area contributed by atoms with E-state index in [0.29, 0.717) is 37.9 Å². The molecule has 1 aliphatic rings. The molecule has 0 atom stereocenters. The molecule has 37 heavy (non-hydrogen) atoms. The van der Waals surface area contributed by atoms with Crippen LogP contribution < -0.4 is 9.80 Å². The Morgan fingerprint density at radius 2 is 1.62 bits per heavy atom. The van der Waals surface area contributed by atoms with E-state index in [9.17, 15) is 9.18 Å². The molecule has 2 aromatic carbocycles. The molecule has 0 spiro atoms. The lowest BCUT2D eigenvalue weighted by atomic mass is 10.0. The Morgan fingerprint density at radius 1 is 0.973 bits per heavy atom. The minimum absolute atomic E-state index is 0.0341. The Morgan fingerprint density at radius 3 is 2.24 bits per heavy atom. The van der Waals surface area contributed by atoms with Crippen molar-refractivity contribution >= 4 is 44.7 Å². The molecular formula is C29H32FN5OS. The maximum absolute atomic E-state index is 13.6. The van der Waals surface area contributed by atoms with Crippen LogP contribution in [0, 0.1) is 19.7 Å². The number of thiophene rings is 1. The van der Waals surface area contributed by atoms with Crippen LogP contribution in [0.25, 0.3) is 10.2 Å². The minimum atomic E-state index is -0.242. The topological polar surface area (TPSA) is 52.6 Å². The van der Waals surface area contributed by atoms with E-state index in [4.69, 9.17) is 4.98 Å². The van der Waals surface area contributed by atoms with Gasteiger partial charge in [-0.05, 0) is 67.3 Å². The molecular weight excluding hydrogens is 485 g/mol. The van der Waals surface area contributed by atoms with Crippen LogP contribution in [0.3, 0.4) is 0 Å². The van der Waals surface area contributed by atoms with Crippen LogP contribution in [0.15, 0.2) is 48.5 Å². The number of amides is 1. The Bertz CT molecular complexity index is 1420. The third-order valence-corrected chi connectivity index (χ3v) is 8.27. The van der Waals surface area contributed by atoms with E-state index in [1.807, 2.05) is 25.8 Å². The monoisotopic (exact) mass is 517 g/mol. The molecule has 2 aromatic heterocycles. The Hall–Kier alpha value is -3.52. The van der Waals surface area contributed by atoms with Crippen molar-refractivity contribution in [1.29, 1.82) is 0 Å². The van der Waals surface area contributed by atoms with Crippen molar-refractivity contribution in [2.24, 2.45) is 0 Å². The van der Waals surface area contributed by atoms with Crippen molar-refractivity contribution in [1.82, 2.24) is 14.9 Å². The molecule has 0 aliphatic carbocycles. The first kappa shape index (κ1) is 25.1. The normalized spacial score (nSPS) is 14.0. The smallest absolute Gasteiger partial charge is 0.264 e. The first-order valence-corrected chi connectivity index (χ1v) is 13.5. The van der Waals surface area contributed by atoms with E-state index < -0.39 is 0 Å². The van der Waals surface area contributed by atoms with Crippen molar-refractivity contribution in [2.75, 3.05) is 43.0 Å². The summed E-state index contributed by atoms with van der Waals surface area (Å²) in [6.07, 6.45) is 0. The van der Waals surface area contributed by atoms with Crippen LogP contribution in [0.4, 0.5) is 21.6 Å². The van der Waals surface area contributed by atoms with Gasteiger partial charge in [-0.15, -0.1) is 11.3 Å². The molecule has 1 aliphatic heterocycles. The van der Waals surface area contributed by atoms with Crippen LogP contribution in [-0.4, -0.2) is 54.0 Å². The number of hydrogen-bond acceptors (Lipinski definition) is 6. The summed E-state index contributed by atoms with van der Waals surface area (Å²) in [5, 5.41) is 0.930. The Labute approximate surface area is 221 Å². The fraction of sp³-hybridized carbons (Fsp3) is 0.345. The number of carbonyl (C=O) groups is 1. The number of hydrogen-bond donors (Lipinski definition) is 0. The molecule has 3 heterocycles. The number of benzene rings is 2. The van der Waals surface area contributed by atoms with Gasteiger partial charge in [0.15, 0.2) is 0 Å². The first-order valence-electron chi connectivity index (χ1n) is 12.6. The SMILES string of the molecule is Cc1nc(N(C)c2ccc(C(C)C)cc2)c2c(C)c(C(=O)N3CCN(c4ccc(F)cc4)CC3)sc2n1. The van der Waals surface area contributed by atoms with Crippen LogP contribution >= 0.6 is 11.3 Å². The van der Waals surface area contributed by atoms with Gasteiger partial charge in [0, 0.05) is 44.6 Å². The van der Waals surface area contributed by atoms with E-state index in [-0.39, 0.29) is 11.7 Å². The summed E-state index contributed by atoms with van der Waals surface area (Å²) in [7, 11) is 2.01. The predicted octanol–water partition coefficient (Wildman–Crippen LogP) is 6.30. The van der Waals surface area contributed by atoms with Crippen LogP contribution in [0.5, 0.6) is 0 Å². The summed E-state index contributed by atoms with van der Waals surface area (Å²) in [4.78, 5) is 30.8. The molecule has 4 aromatic rings. The minimum Gasteiger partial charge on any atom is -0.368 e. The van der Waals surface area contributed by atoms with Crippen LogP contribution in [-0.2, 0) is 0 Å². The van der Waals surface area contributed by atoms with Gasteiger partial charge in [-0.2, -0.15) is 0 Å². The number of rotatable bonds is 5. The Kier molecular flexibility index (Phi) is 6.86. The van der Waals surface area contributed by atoms with E-state index >= 15 is 0 Å². The second-order valence-electron chi connectivity index (χ2n) is 9.89. The molecule has 8 heteroatoms. The van der Waals surface area contributed by atoms with Gasteiger partial charge in [-0.25, -0.2) is 14.4 Å². The van der Waals surface area contributed by atoms with Gasteiger partial charge in [0.05, 0.1) is 10.3 Å². The number of aryl methyl sites for hydroxylation is 2. The largest absolute Gasteiger partial charge is 0.368 e. The van der Waals surface area contributed by atoms with E-state index in [1.54, 1.807) is 12.1 Å². The highest BCUT2D eigenvalue weighted by Crippen LogP contribution is 2.38. The van der Waals surface area contributed by atoms with Crippen molar-refractivity contribution in [2.45, 2.75) is 33.6 Å². The highest BCUT2D eigenvalue weighted by molar-refractivity contribution is 7.20. The van der Waals surface area contributed by atoms with E-state index in [0.717, 1.165) is 37.8 Å². The molecule has 5 rings (SSSR count). The summed E-state index contributed by atoms with van der Waals surface area (Å²) in [6.45, 7) is 10.9. The number of anilines is 3. The van der Waals surface area contributed by atoms with Gasteiger partial charge in [0.2, 0.25) is 0 Å². The van der Waals surface area contributed by atoms with Gasteiger partial charge >= 0.3 is 0 Å². The third kappa shape index (κ3) is 4.90. The average Bonchev–Trinajstić information content (AvgIpc) is 3.23. The molecule has 6 nitrogen and oxygen atoms in total. The molecule has 1 fully saturated rings. The molecule has 1 amide bonds. The van der Waals surface area contributed by atoms with E-state index in [1.165, 1.54) is 29.0 Å². The summed E-state index contributed by atoms with van der Waals surface area (Å²) in [5.41, 5.74) is 4.23. The fourth-order valence-electron chi connectivity index (χ4n) is 4.84. The van der Waals surface area contributed by atoms with Gasteiger partial charge in [0.25, 0.3) is 5.91 Å². The first-order chi connectivity index (χ1) is 17.7. The van der Waals surface area contributed by atoms with Gasteiger partial charge in [0.1, 0.15) is 22.3 Å². The van der Waals surface area contributed by atoms with Gasteiger partial charge in [-0.1, -0.05) is 26.0 Å². The molecule has 1 saturated heterocycles. The second-order valence-corrected chi connectivity index (χ2v) is 10.9. The van der Waals surface area contributed by atoms with Crippen LogP contribution in [0.2, 0.25) is 0 Å². The molecule has 0 radical (unpaired) electrons. The van der Waals surface area contributed by atoms with Crippen molar-refractivity contribution < 1.29 is 9.18 Å². The molecule has 0 saturated carbocycles. The van der Waals surface area contributed by atoms with Crippen molar-refractivity contribution in [3.05, 3.63) is 76.2 Å². The number of halogens is 1. The quantitative estimate of drug-likeness (QED) is 0.311. The number of fused-ring (bicyclic) bond motifs is 1. The van der Waals surface area contributed by atoms with E-state index in [2.05, 4.69) is 52.9 Å². The lowest BCUT2D eigenvalue weighted by molar-refractivity contribution is 0.0751. The molecule has 0 bridgehead atoms. The summed E-state index contributed by atoms with van der Waals surface area (Å²) in [6, 6.07) is 15.1. The fourth-order valence-corrected chi connectivity index (χ4v) is 6.03. The zero-order valence-corrected chi connectivity index (χ0v) is 22.8. The zero-order chi connectivity index (χ0) is 26.3. The summed E-state index contributed by atoms with van der Waals surface area (Å²) in [5.74, 6) is 1.76. The number of carbonyl (C=O) groups excluding carboxylic acids is 1. The van der Waals surface area contributed by atoms with Gasteiger partial charge in [-0.3, -0.25) is 4.79 Å². The molecule has 0 N–H and O–H groups in total. The zero-order valence-electron chi connectivity index (χ0n) is 22.0. The van der Waals surface area contributed by atoms with Gasteiger partial charge < -0.3 is 14.7 Å². The lowest BCUT2D eigenvalue weighted by Crippen LogP contribution is -2.48. The molecule has 0 unspecified atom stereocenters. The molecule has 192 valence electrons. The summed E-state index contributed by atoms with van der Waals surface area (Å²) >= 11 is 1.45. The second kappa shape index (κ2) is 10.1. The predicted molar refractivity (Wildman–Crippen MR) is 150 cm³/mol. The van der Waals surface area contributed by atoms with Crippen LogP contribution in [0.1, 0.15) is 46.4 Å². The number of aromatic nitrogens is 2. The van der Waals surface area contributed by atoms with Crippen molar-refractivity contribution in [3.8, 4) is 0 Å². The highest BCUT2D eigenvalue weighted by atomic mass is 32.1. The average molecular weight is 518 g/mol. The number of nitrogens with zero attached hydrogens (tertiary/aromatic N) is 5. The lowest BCUT2D eigenvalue weighted by Gasteiger charge is -2.36. The maximum Gasteiger partial charge on any atom is 0.264 e.